The van der Waals surface area contributed by atoms with E-state index < -0.39 is 0 Å². The summed E-state index contributed by atoms with van der Waals surface area (Å²) in [7, 11) is 0. The predicted molar refractivity (Wildman–Crippen MR) is 91.7 cm³/mol. The summed E-state index contributed by atoms with van der Waals surface area (Å²) >= 11 is 7.31. The topological polar surface area (TPSA) is 29.1 Å². The van der Waals surface area contributed by atoms with E-state index in [1.165, 1.54) is 4.88 Å². The van der Waals surface area contributed by atoms with Gasteiger partial charge in [0.05, 0.1) is 11.6 Å². The Kier molecular flexibility index (Phi) is 5.41. The lowest BCUT2D eigenvalue weighted by molar-refractivity contribution is 0.0935. The Morgan fingerprint density at radius 2 is 2.26 bits per heavy atom. The van der Waals surface area contributed by atoms with Crippen molar-refractivity contribution in [2.45, 2.75) is 19.4 Å². The van der Waals surface area contributed by atoms with E-state index in [4.69, 9.17) is 0 Å². The van der Waals surface area contributed by atoms with E-state index >= 15 is 0 Å². The van der Waals surface area contributed by atoms with Crippen LogP contribution in [0.25, 0.3) is 0 Å². The van der Waals surface area contributed by atoms with E-state index in [9.17, 15) is 4.79 Å². The number of hydrogen-bond acceptors (Lipinski definition) is 2. The predicted octanol–water partition coefficient (Wildman–Crippen LogP) is 5.00. The number of carbonyl (C=O) groups excluding carboxylic acids is 1. The van der Waals surface area contributed by atoms with Crippen molar-refractivity contribution in [2.75, 3.05) is 0 Å². The van der Waals surface area contributed by atoms with Crippen molar-refractivity contribution in [3.63, 3.8) is 0 Å². The molecule has 1 aromatic carbocycles. The number of amides is 1. The van der Waals surface area contributed by atoms with E-state index in [0.29, 0.717) is 5.56 Å². The van der Waals surface area contributed by atoms with Gasteiger partial charge in [-0.15, -0.1) is 11.3 Å². The van der Waals surface area contributed by atoms with Crippen LogP contribution in [0.2, 0.25) is 0 Å². The minimum atomic E-state index is -0.0364. The van der Waals surface area contributed by atoms with Gasteiger partial charge in [0.2, 0.25) is 0 Å². The van der Waals surface area contributed by atoms with Gasteiger partial charge in [-0.1, -0.05) is 13.0 Å². The fourth-order valence-corrected chi connectivity index (χ4v) is 3.55. The van der Waals surface area contributed by atoms with Crippen molar-refractivity contribution in [1.82, 2.24) is 5.32 Å². The largest absolute Gasteiger partial charge is 0.344 e. The smallest absolute Gasteiger partial charge is 0.252 e. The highest BCUT2D eigenvalue weighted by Crippen LogP contribution is 2.24. The number of thiophene rings is 1. The van der Waals surface area contributed by atoms with Crippen LogP contribution in [0.5, 0.6) is 0 Å². The molecule has 5 heteroatoms. The normalized spacial score (nSPS) is 12.2. The molecule has 0 aliphatic rings. The first kappa shape index (κ1) is 15.0. The molecule has 2 nitrogen and oxygen atoms in total. The standard InChI is InChI=1S/C14H13BrINOS/c1-2-12(13-4-3-7-19-13)17-14(18)10-8-9(16)5-6-11(10)15/h3-8,12H,2H2,1H3,(H,17,18). The zero-order valence-corrected chi connectivity index (χ0v) is 14.9. The van der Waals surface area contributed by atoms with Crippen LogP contribution in [0.1, 0.15) is 34.6 Å². The van der Waals surface area contributed by atoms with E-state index in [0.717, 1.165) is 14.5 Å². The molecule has 1 aromatic heterocycles. The number of hydrogen-bond donors (Lipinski definition) is 1. The second-order valence-corrected chi connectivity index (χ2v) is 7.15. The summed E-state index contributed by atoms with van der Waals surface area (Å²) < 4.78 is 1.88. The first-order valence-electron chi connectivity index (χ1n) is 5.91. The summed E-state index contributed by atoms with van der Waals surface area (Å²) in [6, 6.07) is 9.92. The molecule has 0 spiro atoms. The zero-order chi connectivity index (χ0) is 13.8. The summed E-state index contributed by atoms with van der Waals surface area (Å²) in [4.78, 5) is 13.5. The van der Waals surface area contributed by atoms with Crippen LogP contribution >= 0.6 is 49.9 Å². The number of nitrogens with one attached hydrogen (secondary N) is 1. The van der Waals surface area contributed by atoms with Crippen LogP contribution in [0.15, 0.2) is 40.2 Å². The highest BCUT2D eigenvalue weighted by atomic mass is 127. The van der Waals surface area contributed by atoms with Crippen LogP contribution in [0, 0.1) is 3.57 Å². The van der Waals surface area contributed by atoms with Crippen molar-refractivity contribution in [3.05, 3.63) is 54.2 Å². The Balaban J connectivity index is 2.18. The van der Waals surface area contributed by atoms with E-state index in [1.807, 2.05) is 29.6 Å². The fraction of sp³-hybridized carbons (Fsp3) is 0.214. The summed E-state index contributed by atoms with van der Waals surface area (Å²) in [6.45, 7) is 2.08. The van der Waals surface area contributed by atoms with Gasteiger partial charge in [0.15, 0.2) is 0 Å². The molecule has 0 saturated heterocycles. The third-order valence-corrected chi connectivity index (χ3v) is 5.12. The molecule has 0 bridgehead atoms. The second kappa shape index (κ2) is 6.85. The molecule has 0 saturated carbocycles. The summed E-state index contributed by atoms with van der Waals surface area (Å²) in [5.41, 5.74) is 0.682. The summed E-state index contributed by atoms with van der Waals surface area (Å²) in [5, 5.41) is 5.12. The lowest BCUT2D eigenvalue weighted by Gasteiger charge is -2.16. The molecule has 1 unspecified atom stereocenters. The Labute approximate surface area is 138 Å². The summed E-state index contributed by atoms with van der Waals surface area (Å²) in [5.74, 6) is -0.0364. The Hall–Kier alpha value is -0.400. The highest BCUT2D eigenvalue weighted by Gasteiger charge is 2.16. The second-order valence-electron chi connectivity index (χ2n) is 4.07. The van der Waals surface area contributed by atoms with Crippen molar-refractivity contribution in [2.24, 2.45) is 0 Å². The highest BCUT2D eigenvalue weighted by molar-refractivity contribution is 14.1. The molecular formula is C14H13BrINOS. The van der Waals surface area contributed by atoms with Crippen molar-refractivity contribution < 1.29 is 4.79 Å². The summed E-state index contributed by atoms with van der Waals surface area (Å²) in [6.07, 6.45) is 0.883. The van der Waals surface area contributed by atoms with Crippen LogP contribution in [-0.2, 0) is 0 Å². The van der Waals surface area contributed by atoms with Gasteiger partial charge >= 0.3 is 0 Å². The van der Waals surface area contributed by atoms with Crippen molar-refractivity contribution in [1.29, 1.82) is 0 Å². The Morgan fingerprint density at radius 1 is 1.47 bits per heavy atom. The van der Waals surface area contributed by atoms with Crippen LogP contribution in [0.3, 0.4) is 0 Å². The zero-order valence-electron chi connectivity index (χ0n) is 10.3. The molecule has 1 heterocycles. The van der Waals surface area contributed by atoms with E-state index in [-0.39, 0.29) is 11.9 Å². The first-order chi connectivity index (χ1) is 9.11. The van der Waals surface area contributed by atoms with Gasteiger partial charge in [-0.2, -0.15) is 0 Å². The van der Waals surface area contributed by atoms with Gasteiger partial charge in [-0.3, -0.25) is 4.79 Å². The number of carbonyl (C=O) groups is 1. The van der Waals surface area contributed by atoms with Gasteiger partial charge in [0, 0.05) is 12.9 Å². The molecule has 0 fully saturated rings. The van der Waals surface area contributed by atoms with Gasteiger partial charge in [-0.25, -0.2) is 0 Å². The molecule has 0 radical (unpaired) electrons. The maximum absolute atomic E-state index is 12.3. The Morgan fingerprint density at radius 3 is 2.89 bits per heavy atom. The molecule has 19 heavy (non-hydrogen) atoms. The third-order valence-electron chi connectivity index (χ3n) is 2.77. The van der Waals surface area contributed by atoms with Crippen LogP contribution in [-0.4, -0.2) is 5.91 Å². The molecule has 0 aliphatic carbocycles. The average Bonchev–Trinajstić information content (AvgIpc) is 2.92. The fourth-order valence-electron chi connectivity index (χ4n) is 1.77. The lowest BCUT2D eigenvalue weighted by atomic mass is 10.1. The van der Waals surface area contributed by atoms with Crippen LogP contribution < -0.4 is 5.32 Å². The van der Waals surface area contributed by atoms with Crippen LogP contribution in [0.4, 0.5) is 0 Å². The van der Waals surface area contributed by atoms with Gasteiger partial charge in [-0.05, 0) is 74.6 Å². The number of rotatable bonds is 4. The molecule has 1 N–H and O–H groups in total. The maximum atomic E-state index is 12.3. The lowest BCUT2D eigenvalue weighted by Crippen LogP contribution is -2.28. The van der Waals surface area contributed by atoms with Gasteiger partial charge in [0.25, 0.3) is 5.91 Å². The van der Waals surface area contributed by atoms with Gasteiger partial charge in [0.1, 0.15) is 0 Å². The average molecular weight is 450 g/mol. The van der Waals surface area contributed by atoms with Gasteiger partial charge < -0.3 is 5.32 Å². The minimum absolute atomic E-state index is 0.0364. The molecule has 0 aliphatic heterocycles. The molecule has 1 atom stereocenters. The third kappa shape index (κ3) is 3.79. The number of halogens is 2. The monoisotopic (exact) mass is 449 g/mol. The quantitative estimate of drug-likeness (QED) is 0.654. The molecule has 100 valence electrons. The van der Waals surface area contributed by atoms with E-state index in [2.05, 4.69) is 56.8 Å². The van der Waals surface area contributed by atoms with Crippen molar-refractivity contribution in [3.8, 4) is 0 Å². The first-order valence-corrected chi connectivity index (χ1v) is 8.66. The molecular weight excluding hydrogens is 437 g/mol. The molecule has 1 amide bonds. The number of benzene rings is 1. The van der Waals surface area contributed by atoms with Crippen molar-refractivity contribution >= 4 is 55.8 Å². The Bertz CT molecular complexity index is 571. The minimum Gasteiger partial charge on any atom is -0.344 e. The molecule has 2 aromatic rings. The molecule has 2 rings (SSSR count). The SMILES string of the molecule is CCC(NC(=O)c1cc(I)ccc1Br)c1cccs1. The van der Waals surface area contributed by atoms with E-state index in [1.54, 1.807) is 11.3 Å². The maximum Gasteiger partial charge on any atom is 0.252 e.